The molecule has 5 rings (SSSR count). The van der Waals surface area contributed by atoms with Crippen molar-refractivity contribution in [3.63, 3.8) is 0 Å². The van der Waals surface area contributed by atoms with E-state index in [4.69, 9.17) is 9.47 Å². The van der Waals surface area contributed by atoms with Crippen LogP contribution in [0.2, 0.25) is 0 Å². The summed E-state index contributed by atoms with van der Waals surface area (Å²) in [7, 11) is 0. The minimum absolute atomic E-state index is 0.0368. The third kappa shape index (κ3) is 3.79. The Morgan fingerprint density at radius 3 is 2.47 bits per heavy atom. The van der Waals surface area contributed by atoms with Crippen molar-refractivity contribution in [3.05, 3.63) is 77.5 Å². The van der Waals surface area contributed by atoms with E-state index >= 15 is 0 Å². The van der Waals surface area contributed by atoms with Gasteiger partial charge in [-0.25, -0.2) is 27.3 Å². The van der Waals surface area contributed by atoms with Crippen LogP contribution in [-0.4, -0.2) is 23.7 Å². The molecule has 32 heavy (non-hydrogen) atoms. The highest BCUT2D eigenvalue weighted by Gasteiger charge is 2.57. The van der Waals surface area contributed by atoms with Crippen molar-refractivity contribution >= 4 is 11.8 Å². The highest BCUT2D eigenvalue weighted by atomic mass is 19.1. The number of benzene rings is 2. The SMILES string of the molecule is O=C(Nc1ccc(Oc2cc(F)cc(F)c2)cn1)N[C@@H]1[C@@H]2COc3c(F)ccc(F)c3[C@@H]21. The van der Waals surface area contributed by atoms with Crippen LogP contribution in [0, 0.1) is 29.2 Å². The molecule has 1 aromatic heterocycles. The van der Waals surface area contributed by atoms with Gasteiger partial charge in [0.15, 0.2) is 11.6 Å². The van der Waals surface area contributed by atoms with Crippen molar-refractivity contribution in [2.24, 2.45) is 5.92 Å². The first-order valence-electron chi connectivity index (χ1n) is 9.67. The molecule has 2 heterocycles. The van der Waals surface area contributed by atoms with E-state index in [-0.39, 0.29) is 47.1 Å². The van der Waals surface area contributed by atoms with Crippen molar-refractivity contribution in [3.8, 4) is 17.2 Å². The van der Waals surface area contributed by atoms with Crippen LogP contribution in [0.1, 0.15) is 11.5 Å². The Morgan fingerprint density at radius 2 is 1.75 bits per heavy atom. The van der Waals surface area contributed by atoms with Crippen LogP contribution < -0.4 is 20.1 Å². The highest BCUT2D eigenvalue weighted by molar-refractivity contribution is 5.89. The maximum atomic E-state index is 14.2. The summed E-state index contributed by atoms with van der Waals surface area (Å²) in [4.78, 5) is 16.4. The molecule has 0 saturated heterocycles. The van der Waals surface area contributed by atoms with Crippen molar-refractivity contribution in [2.75, 3.05) is 11.9 Å². The normalized spacial score (nSPS) is 20.4. The first-order chi connectivity index (χ1) is 15.4. The average molecular weight is 445 g/mol. The van der Waals surface area contributed by atoms with Crippen molar-refractivity contribution in [2.45, 2.75) is 12.0 Å². The van der Waals surface area contributed by atoms with Crippen LogP contribution in [0.5, 0.6) is 17.2 Å². The van der Waals surface area contributed by atoms with Crippen LogP contribution in [-0.2, 0) is 0 Å². The minimum Gasteiger partial charge on any atom is -0.490 e. The topological polar surface area (TPSA) is 72.5 Å². The molecule has 0 radical (unpaired) electrons. The molecule has 0 unspecified atom stereocenters. The predicted molar refractivity (Wildman–Crippen MR) is 105 cm³/mol. The zero-order chi connectivity index (χ0) is 22.4. The van der Waals surface area contributed by atoms with Gasteiger partial charge in [0, 0.05) is 41.6 Å². The molecular weight excluding hydrogens is 430 g/mol. The molecule has 2 amide bonds. The first kappa shape index (κ1) is 20.1. The second-order valence-corrected chi connectivity index (χ2v) is 7.48. The van der Waals surface area contributed by atoms with Gasteiger partial charge < -0.3 is 14.8 Å². The van der Waals surface area contributed by atoms with Gasteiger partial charge in [-0.05, 0) is 24.3 Å². The van der Waals surface area contributed by atoms with Gasteiger partial charge in [0.05, 0.1) is 12.8 Å². The number of carbonyl (C=O) groups excluding carboxylic acids is 1. The van der Waals surface area contributed by atoms with Crippen LogP contribution >= 0.6 is 0 Å². The summed E-state index contributed by atoms with van der Waals surface area (Å²) in [5, 5.41) is 5.26. The molecule has 0 bridgehead atoms. The number of halogens is 4. The Hall–Kier alpha value is -3.82. The molecular formula is C22H15F4N3O3. The van der Waals surface area contributed by atoms with Gasteiger partial charge in [-0.15, -0.1) is 0 Å². The maximum absolute atomic E-state index is 14.2. The maximum Gasteiger partial charge on any atom is 0.320 e. The number of nitrogens with one attached hydrogen (secondary N) is 2. The zero-order valence-corrected chi connectivity index (χ0v) is 16.2. The Kier molecular flexibility index (Phi) is 4.84. The summed E-state index contributed by atoms with van der Waals surface area (Å²) < 4.78 is 65.2. The van der Waals surface area contributed by atoms with Gasteiger partial charge in [0.2, 0.25) is 0 Å². The van der Waals surface area contributed by atoms with Crippen LogP contribution in [0.15, 0.2) is 48.7 Å². The van der Waals surface area contributed by atoms with Crippen molar-refractivity contribution in [1.29, 1.82) is 0 Å². The number of carbonyl (C=O) groups is 1. The quantitative estimate of drug-likeness (QED) is 0.570. The molecule has 10 heteroatoms. The number of nitrogens with zero attached hydrogens (tertiary/aromatic N) is 1. The largest absolute Gasteiger partial charge is 0.490 e. The Labute approximate surface area is 179 Å². The molecule has 164 valence electrons. The number of aromatic nitrogens is 1. The molecule has 6 nitrogen and oxygen atoms in total. The number of amides is 2. The van der Waals surface area contributed by atoms with E-state index in [0.29, 0.717) is 0 Å². The highest BCUT2D eigenvalue weighted by Crippen LogP contribution is 2.55. The summed E-state index contributed by atoms with van der Waals surface area (Å²) in [5.74, 6) is -3.03. The standard InChI is InChI=1S/C22H15F4N3O3/c23-10-5-11(24)7-13(6-10)32-12-1-4-17(27-8-12)28-22(30)29-20-14-9-31-21-16(26)3-2-15(25)19(21)18(14)20/h1-8,14,18,20H,9H2,(H2,27,28,29,30)/t14-,18-,20-/m1/s1. The Morgan fingerprint density at radius 1 is 1.00 bits per heavy atom. The number of pyridine rings is 1. The van der Waals surface area contributed by atoms with E-state index in [1.807, 2.05) is 0 Å². The van der Waals surface area contributed by atoms with E-state index in [9.17, 15) is 22.4 Å². The number of urea groups is 1. The van der Waals surface area contributed by atoms with E-state index in [0.717, 1.165) is 30.3 Å². The van der Waals surface area contributed by atoms with Crippen molar-refractivity contribution < 1.29 is 31.8 Å². The molecule has 0 spiro atoms. The minimum atomic E-state index is -0.779. The van der Waals surface area contributed by atoms with Gasteiger partial charge >= 0.3 is 6.03 Å². The van der Waals surface area contributed by atoms with Crippen LogP contribution in [0.4, 0.5) is 28.2 Å². The summed E-state index contributed by atoms with van der Waals surface area (Å²) >= 11 is 0. The summed E-state index contributed by atoms with van der Waals surface area (Å²) in [6, 6.07) is 6.75. The van der Waals surface area contributed by atoms with Gasteiger partial charge in [-0.3, -0.25) is 5.32 Å². The number of hydrogen-bond acceptors (Lipinski definition) is 4. The Balaban J connectivity index is 1.20. The average Bonchev–Trinajstić information content (AvgIpc) is 3.44. The van der Waals surface area contributed by atoms with E-state index in [2.05, 4.69) is 15.6 Å². The molecule has 1 saturated carbocycles. The summed E-state index contributed by atoms with van der Waals surface area (Å²) in [6.45, 7) is 0.175. The fourth-order valence-electron chi connectivity index (χ4n) is 3.90. The molecule has 2 N–H and O–H groups in total. The number of anilines is 1. The lowest BCUT2D eigenvalue weighted by molar-refractivity contribution is 0.247. The lowest BCUT2D eigenvalue weighted by Crippen LogP contribution is -2.32. The first-order valence-corrected chi connectivity index (χ1v) is 9.67. The molecule has 3 atom stereocenters. The third-order valence-electron chi connectivity index (χ3n) is 5.36. The summed E-state index contributed by atoms with van der Waals surface area (Å²) in [5.41, 5.74) is 0.139. The zero-order valence-electron chi connectivity index (χ0n) is 16.2. The van der Waals surface area contributed by atoms with E-state index in [1.165, 1.54) is 18.3 Å². The van der Waals surface area contributed by atoms with Crippen LogP contribution in [0.25, 0.3) is 0 Å². The molecule has 2 aromatic carbocycles. The van der Waals surface area contributed by atoms with Gasteiger partial charge in [-0.1, -0.05) is 0 Å². The number of fused-ring (bicyclic) bond motifs is 3. The third-order valence-corrected chi connectivity index (χ3v) is 5.36. The van der Waals surface area contributed by atoms with Gasteiger partial charge in [0.1, 0.15) is 34.8 Å². The van der Waals surface area contributed by atoms with E-state index in [1.54, 1.807) is 0 Å². The molecule has 1 aliphatic heterocycles. The second kappa shape index (κ2) is 7.70. The number of rotatable bonds is 4. The molecule has 2 aliphatic rings. The Bertz CT molecular complexity index is 1190. The van der Waals surface area contributed by atoms with Gasteiger partial charge in [-0.2, -0.15) is 0 Å². The van der Waals surface area contributed by atoms with Crippen LogP contribution in [0.3, 0.4) is 0 Å². The molecule has 1 fully saturated rings. The lowest BCUT2D eigenvalue weighted by atomic mass is 10.0. The fourth-order valence-corrected chi connectivity index (χ4v) is 3.90. The summed E-state index contributed by atoms with van der Waals surface area (Å²) in [6.07, 6.45) is 1.28. The number of ether oxygens (including phenoxy) is 2. The lowest BCUT2D eigenvalue weighted by Gasteiger charge is -2.16. The fraction of sp³-hybridized carbons (Fsp3) is 0.182. The number of hydrogen-bond donors (Lipinski definition) is 2. The smallest absolute Gasteiger partial charge is 0.320 e. The van der Waals surface area contributed by atoms with Gasteiger partial charge in [0.25, 0.3) is 0 Å². The molecule has 1 aliphatic carbocycles. The monoisotopic (exact) mass is 445 g/mol. The van der Waals surface area contributed by atoms with E-state index < -0.39 is 35.3 Å². The van der Waals surface area contributed by atoms with Crippen molar-refractivity contribution in [1.82, 2.24) is 10.3 Å². The predicted octanol–water partition coefficient (Wildman–Crippen LogP) is 4.73. The second-order valence-electron chi connectivity index (χ2n) is 7.48. The molecule has 3 aromatic rings.